The van der Waals surface area contributed by atoms with E-state index in [0.717, 1.165) is 19.3 Å². The second-order valence-corrected chi connectivity index (χ2v) is 6.64. The molecule has 1 saturated heterocycles. The Kier molecular flexibility index (Phi) is 4.23. The lowest BCUT2D eigenvalue weighted by molar-refractivity contribution is -0.144. The first-order valence-corrected chi connectivity index (χ1v) is 8.40. The van der Waals surface area contributed by atoms with E-state index in [-0.39, 0.29) is 11.9 Å². The molecule has 4 rings (SSSR count). The summed E-state index contributed by atoms with van der Waals surface area (Å²) in [7, 11) is 0. The van der Waals surface area contributed by atoms with Gasteiger partial charge in [0.15, 0.2) is 23.8 Å². The second kappa shape index (κ2) is 6.43. The summed E-state index contributed by atoms with van der Waals surface area (Å²) in [4.78, 5) is 24.1. The minimum absolute atomic E-state index is 0.0358. The van der Waals surface area contributed by atoms with Gasteiger partial charge >= 0.3 is 0 Å². The van der Waals surface area contributed by atoms with Crippen molar-refractivity contribution in [3.8, 4) is 0 Å². The molecule has 5 atom stereocenters. The van der Waals surface area contributed by atoms with Crippen LogP contribution < -0.4 is 11.1 Å². The van der Waals surface area contributed by atoms with Crippen LogP contribution in [0.2, 0.25) is 0 Å². The fraction of sp³-hybridized carbons (Fsp3) is 0.600. The van der Waals surface area contributed by atoms with E-state index in [1.54, 1.807) is 0 Å². The second-order valence-electron chi connectivity index (χ2n) is 6.64. The summed E-state index contributed by atoms with van der Waals surface area (Å²) in [5.41, 5.74) is 6.37. The predicted molar refractivity (Wildman–Crippen MR) is 87.4 cm³/mol. The van der Waals surface area contributed by atoms with Crippen molar-refractivity contribution in [2.75, 3.05) is 5.73 Å². The summed E-state index contributed by atoms with van der Waals surface area (Å²) in [6, 6.07) is 0.0358. The fourth-order valence-electron chi connectivity index (χ4n) is 3.22. The van der Waals surface area contributed by atoms with Crippen LogP contribution in [0.15, 0.2) is 12.7 Å². The van der Waals surface area contributed by atoms with Crippen LogP contribution in [-0.4, -0.2) is 71.2 Å². The Morgan fingerprint density at radius 2 is 2.08 bits per heavy atom. The summed E-state index contributed by atoms with van der Waals surface area (Å²) in [6.45, 7) is 0. The number of aliphatic hydroxyl groups is 3. The molecule has 2 aliphatic rings. The van der Waals surface area contributed by atoms with E-state index >= 15 is 0 Å². The Labute approximate surface area is 147 Å². The van der Waals surface area contributed by atoms with Crippen molar-refractivity contribution < 1.29 is 24.9 Å². The number of carbonyl (C=O) groups is 1. The first-order valence-electron chi connectivity index (χ1n) is 8.40. The van der Waals surface area contributed by atoms with Crippen molar-refractivity contribution in [3.05, 3.63) is 12.7 Å². The normalized spacial score (nSPS) is 30.3. The van der Waals surface area contributed by atoms with E-state index in [4.69, 9.17) is 10.5 Å². The van der Waals surface area contributed by atoms with Gasteiger partial charge in [-0.25, -0.2) is 15.0 Å². The average molecular weight is 364 g/mol. The maximum atomic E-state index is 12.1. The van der Waals surface area contributed by atoms with E-state index in [1.165, 1.54) is 17.2 Å². The van der Waals surface area contributed by atoms with Gasteiger partial charge in [-0.1, -0.05) is 0 Å². The lowest BCUT2D eigenvalue weighted by Gasteiger charge is -2.29. The highest BCUT2D eigenvalue weighted by atomic mass is 16.6. The minimum Gasteiger partial charge on any atom is -0.387 e. The van der Waals surface area contributed by atoms with Crippen molar-refractivity contribution >= 4 is 22.9 Å². The van der Waals surface area contributed by atoms with Crippen LogP contribution in [0, 0.1) is 0 Å². The number of hydrogen-bond acceptors (Lipinski definition) is 9. The maximum absolute atomic E-state index is 12.1. The summed E-state index contributed by atoms with van der Waals surface area (Å²) in [5, 5.41) is 33.6. The first kappa shape index (κ1) is 17.1. The van der Waals surface area contributed by atoms with Crippen molar-refractivity contribution in [3.63, 3.8) is 0 Å². The van der Waals surface area contributed by atoms with Gasteiger partial charge in [0.25, 0.3) is 5.91 Å². The van der Waals surface area contributed by atoms with Crippen LogP contribution in [0.5, 0.6) is 0 Å². The third-order valence-electron chi connectivity index (χ3n) is 4.97. The number of fused-ring (bicyclic) bond motifs is 1. The molecule has 11 heteroatoms. The molecule has 0 radical (unpaired) electrons. The lowest BCUT2D eigenvalue weighted by Crippen LogP contribution is -2.51. The molecule has 1 amide bonds. The highest BCUT2D eigenvalue weighted by Gasteiger charge is 2.49. The Balaban J connectivity index is 1.55. The standard InChI is InChI=1S/C15H20N6O5/c16-12-7-13(18-4-17-12)21(5-19-7)15-9(23)8(22)11(26-15)10(24)14(25)20-6-2-1-3-6/h4-6,8-11,15,22-24H,1-3H2,(H,20,25)(H2,16,17,18)/t8-,9+,10?,11-,15+/m0/s1. The highest BCUT2D eigenvalue weighted by molar-refractivity contribution is 5.82. The Morgan fingerprint density at radius 3 is 2.77 bits per heavy atom. The quantitative estimate of drug-likeness (QED) is 0.414. The molecule has 6 N–H and O–H groups in total. The van der Waals surface area contributed by atoms with E-state index in [0.29, 0.717) is 11.2 Å². The molecule has 2 fully saturated rings. The first-order chi connectivity index (χ1) is 12.5. The van der Waals surface area contributed by atoms with Crippen molar-refractivity contribution in [1.82, 2.24) is 24.8 Å². The molecule has 26 heavy (non-hydrogen) atoms. The number of amides is 1. The molecule has 3 heterocycles. The molecule has 1 unspecified atom stereocenters. The number of aromatic nitrogens is 4. The summed E-state index contributed by atoms with van der Waals surface area (Å²) in [6.07, 6.45) is -1.49. The third-order valence-corrected chi connectivity index (χ3v) is 4.97. The van der Waals surface area contributed by atoms with Crippen molar-refractivity contribution in [1.29, 1.82) is 0 Å². The van der Waals surface area contributed by atoms with Crippen LogP contribution in [-0.2, 0) is 9.53 Å². The summed E-state index contributed by atoms with van der Waals surface area (Å²) in [5.74, 6) is -0.466. The van der Waals surface area contributed by atoms with Gasteiger partial charge in [0, 0.05) is 6.04 Å². The molecule has 1 aliphatic heterocycles. The number of anilines is 1. The van der Waals surface area contributed by atoms with Crippen LogP contribution in [0.3, 0.4) is 0 Å². The average Bonchev–Trinajstić information content (AvgIpc) is 3.13. The topological polar surface area (TPSA) is 169 Å². The van der Waals surface area contributed by atoms with Crippen molar-refractivity contribution in [2.45, 2.75) is 55.9 Å². The largest absolute Gasteiger partial charge is 0.387 e. The molecule has 1 aliphatic carbocycles. The zero-order valence-corrected chi connectivity index (χ0v) is 13.8. The summed E-state index contributed by atoms with van der Waals surface area (Å²) >= 11 is 0. The van der Waals surface area contributed by atoms with Gasteiger partial charge in [-0.2, -0.15) is 0 Å². The van der Waals surface area contributed by atoms with Crippen molar-refractivity contribution in [2.24, 2.45) is 0 Å². The SMILES string of the molecule is Nc1ncnc2c1ncn2[C@@H]1O[C@H](C(O)C(=O)NC2CCC2)[C@@H](O)[C@H]1O. The Hall–Kier alpha value is -2.34. The van der Waals surface area contributed by atoms with Crippen LogP contribution >= 0.6 is 0 Å². The smallest absolute Gasteiger partial charge is 0.251 e. The zero-order chi connectivity index (χ0) is 18.4. The van der Waals surface area contributed by atoms with Gasteiger partial charge in [-0.05, 0) is 19.3 Å². The Bertz CT molecular complexity index is 824. The number of aliphatic hydroxyl groups excluding tert-OH is 3. The van der Waals surface area contributed by atoms with E-state index < -0.39 is 36.6 Å². The van der Waals surface area contributed by atoms with Crippen LogP contribution in [0.1, 0.15) is 25.5 Å². The molecular weight excluding hydrogens is 344 g/mol. The number of ether oxygens (including phenoxy) is 1. The van der Waals surface area contributed by atoms with E-state index in [9.17, 15) is 20.1 Å². The number of hydrogen-bond donors (Lipinski definition) is 5. The number of nitrogen functional groups attached to an aromatic ring is 1. The van der Waals surface area contributed by atoms with Gasteiger partial charge in [0.05, 0.1) is 6.33 Å². The molecular formula is C15H20N6O5. The zero-order valence-electron chi connectivity index (χ0n) is 13.8. The molecule has 0 spiro atoms. The number of rotatable bonds is 4. The van der Waals surface area contributed by atoms with Gasteiger partial charge in [-0.15, -0.1) is 0 Å². The highest BCUT2D eigenvalue weighted by Crippen LogP contribution is 2.33. The van der Waals surface area contributed by atoms with Gasteiger partial charge in [0.1, 0.15) is 30.2 Å². The van der Waals surface area contributed by atoms with E-state index in [2.05, 4.69) is 20.3 Å². The molecule has 2 aromatic heterocycles. The number of nitrogens with zero attached hydrogens (tertiary/aromatic N) is 4. The summed E-state index contributed by atoms with van der Waals surface area (Å²) < 4.78 is 6.99. The molecule has 2 aromatic rings. The lowest BCUT2D eigenvalue weighted by atomic mass is 9.92. The van der Waals surface area contributed by atoms with E-state index in [1.807, 2.05) is 0 Å². The van der Waals surface area contributed by atoms with Gasteiger partial charge in [0.2, 0.25) is 0 Å². The van der Waals surface area contributed by atoms with Gasteiger partial charge < -0.3 is 31.1 Å². The number of carbonyl (C=O) groups excluding carboxylic acids is 1. The van der Waals surface area contributed by atoms with Crippen LogP contribution in [0.25, 0.3) is 11.2 Å². The number of nitrogens with one attached hydrogen (secondary N) is 1. The monoisotopic (exact) mass is 364 g/mol. The number of imidazole rings is 1. The minimum atomic E-state index is -1.61. The third kappa shape index (κ3) is 2.69. The predicted octanol–water partition coefficient (Wildman–Crippen LogP) is -1.94. The molecule has 11 nitrogen and oxygen atoms in total. The van der Waals surface area contributed by atoms with Crippen LogP contribution in [0.4, 0.5) is 5.82 Å². The molecule has 140 valence electrons. The molecule has 1 saturated carbocycles. The molecule has 0 bridgehead atoms. The molecule has 0 aromatic carbocycles. The Morgan fingerprint density at radius 1 is 1.31 bits per heavy atom. The number of nitrogens with two attached hydrogens (primary N) is 1. The maximum Gasteiger partial charge on any atom is 0.251 e. The fourth-order valence-corrected chi connectivity index (χ4v) is 3.22. The van der Waals surface area contributed by atoms with Gasteiger partial charge in [-0.3, -0.25) is 9.36 Å².